The summed E-state index contributed by atoms with van der Waals surface area (Å²) in [5, 5.41) is 17.7. The molecule has 0 bridgehead atoms. The van der Waals surface area contributed by atoms with Crippen molar-refractivity contribution in [2.45, 2.75) is 19.9 Å². The van der Waals surface area contributed by atoms with E-state index in [1.54, 1.807) is 13.0 Å². The molecule has 0 heterocycles. The van der Waals surface area contributed by atoms with Crippen molar-refractivity contribution in [1.82, 2.24) is 0 Å². The third kappa shape index (κ3) is 2.67. The Morgan fingerprint density at radius 2 is 2.29 bits per heavy atom. The molecule has 1 atom stereocenters. The maximum Gasteiger partial charge on any atom is 0.335 e. The summed E-state index contributed by atoms with van der Waals surface area (Å²) >= 11 is 0. The van der Waals surface area contributed by atoms with Crippen molar-refractivity contribution < 1.29 is 9.90 Å². The molecule has 0 aromatic heterocycles. The molecular weight excluding hydrogens is 218 g/mol. The second-order valence-corrected chi connectivity index (χ2v) is 3.67. The zero-order chi connectivity index (χ0) is 13.0. The van der Waals surface area contributed by atoms with Gasteiger partial charge in [-0.3, -0.25) is 0 Å². The van der Waals surface area contributed by atoms with Crippen LogP contribution in [0.1, 0.15) is 24.2 Å². The highest BCUT2D eigenvalue weighted by molar-refractivity contribution is 5.90. The Hall–Kier alpha value is -2.22. The Morgan fingerprint density at radius 1 is 1.65 bits per heavy atom. The highest BCUT2D eigenvalue weighted by Crippen LogP contribution is 2.25. The van der Waals surface area contributed by atoms with E-state index < -0.39 is 5.97 Å². The van der Waals surface area contributed by atoms with Gasteiger partial charge in [0, 0.05) is 6.54 Å². The van der Waals surface area contributed by atoms with Gasteiger partial charge in [-0.2, -0.15) is 5.26 Å². The van der Waals surface area contributed by atoms with Crippen molar-refractivity contribution in [2.75, 3.05) is 17.2 Å². The van der Waals surface area contributed by atoms with Gasteiger partial charge in [0.15, 0.2) is 0 Å². The number of nitrogens with two attached hydrogens (primary N) is 1. The molecule has 0 aliphatic carbocycles. The van der Waals surface area contributed by atoms with Gasteiger partial charge in [-0.05, 0) is 32.0 Å². The molecule has 1 aromatic carbocycles. The molecule has 1 rings (SSSR count). The summed E-state index contributed by atoms with van der Waals surface area (Å²) in [7, 11) is 0. The lowest BCUT2D eigenvalue weighted by atomic mass is 10.1. The zero-order valence-electron chi connectivity index (χ0n) is 9.84. The number of anilines is 2. The zero-order valence-corrected chi connectivity index (χ0v) is 9.84. The van der Waals surface area contributed by atoms with Crippen molar-refractivity contribution in [2.24, 2.45) is 0 Å². The number of carboxylic acids is 1. The predicted octanol–water partition coefficient (Wildman–Crippen LogP) is 1.71. The summed E-state index contributed by atoms with van der Waals surface area (Å²) in [5.41, 5.74) is 7.01. The summed E-state index contributed by atoms with van der Waals surface area (Å²) in [4.78, 5) is 12.6. The number of nitrogen functional groups attached to an aromatic ring is 1. The average Bonchev–Trinajstić information content (AvgIpc) is 2.31. The second-order valence-electron chi connectivity index (χ2n) is 3.67. The van der Waals surface area contributed by atoms with Crippen LogP contribution in [0.3, 0.4) is 0 Å². The number of rotatable bonds is 4. The van der Waals surface area contributed by atoms with Crippen molar-refractivity contribution in [1.29, 1.82) is 5.26 Å². The van der Waals surface area contributed by atoms with Gasteiger partial charge in [-0.15, -0.1) is 0 Å². The molecule has 17 heavy (non-hydrogen) atoms. The van der Waals surface area contributed by atoms with Gasteiger partial charge in [0.1, 0.15) is 6.04 Å². The number of hydrogen-bond acceptors (Lipinski definition) is 4. The van der Waals surface area contributed by atoms with Crippen LogP contribution in [0.4, 0.5) is 11.4 Å². The molecule has 0 saturated heterocycles. The van der Waals surface area contributed by atoms with E-state index in [1.807, 2.05) is 11.8 Å². The Balaban J connectivity index is 3.15. The lowest BCUT2D eigenvalue weighted by Crippen LogP contribution is -2.32. The van der Waals surface area contributed by atoms with Crippen LogP contribution in [0.2, 0.25) is 0 Å². The molecule has 3 N–H and O–H groups in total. The Morgan fingerprint density at radius 3 is 2.71 bits per heavy atom. The van der Waals surface area contributed by atoms with Crippen LogP contribution < -0.4 is 10.6 Å². The number of hydrogen-bond donors (Lipinski definition) is 2. The largest absolute Gasteiger partial charge is 0.478 e. The first-order chi connectivity index (χ1) is 8.01. The van der Waals surface area contributed by atoms with E-state index in [0.29, 0.717) is 17.9 Å². The summed E-state index contributed by atoms with van der Waals surface area (Å²) in [5.74, 6) is -1.01. The molecule has 5 heteroatoms. The summed E-state index contributed by atoms with van der Waals surface area (Å²) in [6, 6.07) is 6.35. The van der Waals surface area contributed by atoms with E-state index in [0.717, 1.165) is 0 Å². The molecule has 0 aliphatic rings. The number of aromatic carboxylic acids is 1. The third-order valence-corrected chi connectivity index (χ3v) is 2.58. The number of benzene rings is 1. The number of carbonyl (C=O) groups is 1. The average molecular weight is 233 g/mol. The van der Waals surface area contributed by atoms with Crippen molar-refractivity contribution in [3.8, 4) is 6.07 Å². The van der Waals surface area contributed by atoms with Crippen LogP contribution in [0.25, 0.3) is 0 Å². The van der Waals surface area contributed by atoms with Crippen LogP contribution in [-0.4, -0.2) is 23.7 Å². The first-order valence-corrected chi connectivity index (χ1v) is 5.30. The van der Waals surface area contributed by atoms with Crippen molar-refractivity contribution >= 4 is 17.3 Å². The number of nitriles is 1. The summed E-state index contributed by atoms with van der Waals surface area (Å²) in [6.45, 7) is 4.32. The van der Waals surface area contributed by atoms with Crippen LogP contribution in [0, 0.1) is 11.3 Å². The Kier molecular flexibility index (Phi) is 3.94. The topological polar surface area (TPSA) is 90.3 Å². The van der Waals surface area contributed by atoms with Crippen LogP contribution in [0.5, 0.6) is 0 Å². The predicted molar refractivity (Wildman–Crippen MR) is 65.9 cm³/mol. The highest BCUT2D eigenvalue weighted by atomic mass is 16.4. The lowest BCUT2D eigenvalue weighted by Gasteiger charge is -2.26. The van der Waals surface area contributed by atoms with E-state index in [1.165, 1.54) is 12.1 Å². The maximum absolute atomic E-state index is 10.8. The van der Waals surface area contributed by atoms with E-state index in [2.05, 4.69) is 6.07 Å². The molecule has 0 amide bonds. The Bertz CT molecular complexity index is 465. The van der Waals surface area contributed by atoms with Gasteiger partial charge in [-0.25, -0.2) is 4.79 Å². The van der Waals surface area contributed by atoms with E-state index in [-0.39, 0.29) is 11.6 Å². The molecule has 0 radical (unpaired) electrons. The van der Waals surface area contributed by atoms with E-state index in [4.69, 9.17) is 16.1 Å². The SMILES string of the molecule is CCN(c1ccc(C(=O)O)cc1N)C(C)C#N. The van der Waals surface area contributed by atoms with Gasteiger partial charge in [0.2, 0.25) is 0 Å². The van der Waals surface area contributed by atoms with Crippen LogP contribution >= 0.6 is 0 Å². The molecule has 0 aliphatic heterocycles. The highest BCUT2D eigenvalue weighted by Gasteiger charge is 2.15. The van der Waals surface area contributed by atoms with Gasteiger partial charge in [0.05, 0.1) is 23.0 Å². The fourth-order valence-electron chi connectivity index (χ4n) is 1.67. The lowest BCUT2D eigenvalue weighted by molar-refractivity contribution is 0.0697. The molecule has 0 fully saturated rings. The fraction of sp³-hybridized carbons (Fsp3) is 0.333. The summed E-state index contributed by atoms with van der Waals surface area (Å²) < 4.78 is 0. The molecule has 5 nitrogen and oxygen atoms in total. The Labute approximate surface area is 100 Å². The van der Waals surface area contributed by atoms with Crippen LogP contribution in [0.15, 0.2) is 18.2 Å². The molecule has 0 spiro atoms. The first-order valence-electron chi connectivity index (χ1n) is 5.30. The number of carboxylic acid groups (broad SMARTS) is 1. The van der Waals surface area contributed by atoms with Crippen molar-refractivity contribution in [3.05, 3.63) is 23.8 Å². The minimum absolute atomic E-state index is 0.145. The van der Waals surface area contributed by atoms with Crippen LogP contribution in [-0.2, 0) is 0 Å². The standard InChI is InChI=1S/C12H15N3O2/c1-3-15(8(2)7-13)11-5-4-9(12(16)17)6-10(11)14/h4-6,8H,3,14H2,1-2H3,(H,16,17). The monoisotopic (exact) mass is 233 g/mol. The van der Waals surface area contributed by atoms with Gasteiger partial charge in [0.25, 0.3) is 0 Å². The molecule has 90 valence electrons. The van der Waals surface area contributed by atoms with E-state index >= 15 is 0 Å². The molecule has 1 aromatic rings. The quantitative estimate of drug-likeness (QED) is 0.772. The first kappa shape index (κ1) is 12.8. The second kappa shape index (κ2) is 5.21. The van der Waals surface area contributed by atoms with E-state index in [9.17, 15) is 4.79 Å². The smallest absolute Gasteiger partial charge is 0.335 e. The minimum atomic E-state index is -1.01. The van der Waals surface area contributed by atoms with Crippen molar-refractivity contribution in [3.63, 3.8) is 0 Å². The van der Waals surface area contributed by atoms with Gasteiger partial charge < -0.3 is 15.7 Å². The van der Waals surface area contributed by atoms with Gasteiger partial charge >= 0.3 is 5.97 Å². The normalized spacial score (nSPS) is 11.6. The number of nitrogens with zero attached hydrogens (tertiary/aromatic N) is 2. The maximum atomic E-state index is 10.8. The minimum Gasteiger partial charge on any atom is -0.478 e. The molecular formula is C12H15N3O2. The molecule has 0 saturated carbocycles. The van der Waals surface area contributed by atoms with Gasteiger partial charge in [-0.1, -0.05) is 0 Å². The fourth-order valence-corrected chi connectivity index (χ4v) is 1.67. The summed E-state index contributed by atoms with van der Waals surface area (Å²) in [6.07, 6.45) is 0. The molecule has 1 unspecified atom stereocenters. The third-order valence-electron chi connectivity index (χ3n) is 2.58.